The number of rotatable bonds is 8. The normalized spacial score (nSPS) is 11.1. The number of carbonyl (C=O) groups excluding carboxylic acids is 1. The topological polar surface area (TPSA) is 37.6 Å². The Labute approximate surface area is 147 Å². The second-order valence-corrected chi connectivity index (χ2v) is 6.75. The lowest BCUT2D eigenvalue weighted by molar-refractivity contribution is 0.0743. The van der Waals surface area contributed by atoms with Crippen LogP contribution in [0.25, 0.3) is 5.65 Å². The molecule has 0 atom stereocenters. The highest BCUT2D eigenvalue weighted by Crippen LogP contribution is 2.20. The van der Waals surface area contributed by atoms with Gasteiger partial charge in [0.15, 0.2) is 0 Å². The van der Waals surface area contributed by atoms with E-state index in [2.05, 4.69) is 41.7 Å². The molecule has 2 heterocycles. The third-order valence-electron chi connectivity index (χ3n) is 4.04. The molecule has 0 aromatic carbocycles. The molecule has 4 nitrogen and oxygen atoms in total. The molecule has 0 saturated heterocycles. The summed E-state index contributed by atoms with van der Waals surface area (Å²) in [5.41, 5.74) is 2.43. The van der Waals surface area contributed by atoms with Gasteiger partial charge < -0.3 is 4.90 Å². The average molecular weight is 380 g/mol. The van der Waals surface area contributed by atoms with Gasteiger partial charge in [0, 0.05) is 23.8 Å². The van der Waals surface area contributed by atoms with E-state index in [1.807, 2.05) is 27.6 Å². The molecule has 1 amide bonds. The molecule has 126 valence electrons. The van der Waals surface area contributed by atoms with Crippen molar-refractivity contribution in [2.45, 2.75) is 52.9 Å². The second-order valence-electron chi connectivity index (χ2n) is 5.84. The largest absolute Gasteiger partial charge is 0.337 e. The zero-order valence-electron chi connectivity index (χ0n) is 14.3. The first-order chi connectivity index (χ1) is 11.1. The number of aryl methyl sites for hydroxylation is 1. The van der Waals surface area contributed by atoms with Crippen LogP contribution in [0, 0.1) is 0 Å². The van der Waals surface area contributed by atoms with Crippen molar-refractivity contribution in [2.24, 2.45) is 0 Å². The van der Waals surface area contributed by atoms with Gasteiger partial charge in [0.25, 0.3) is 5.91 Å². The average Bonchev–Trinajstić information content (AvgIpc) is 2.92. The molecule has 0 saturated carbocycles. The van der Waals surface area contributed by atoms with Crippen molar-refractivity contribution >= 4 is 27.5 Å². The van der Waals surface area contributed by atoms with Crippen LogP contribution in [0.4, 0.5) is 0 Å². The number of fused-ring (bicyclic) bond motifs is 1. The number of pyridine rings is 1. The Morgan fingerprint density at radius 2 is 1.83 bits per heavy atom. The maximum atomic E-state index is 13.2. The maximum absolute atomic E-state index is 13.2. The number of nitrogens with zero attached hydrogens (tertiary/aromatic N) is 3. The Bertz CT molecular complexity index is 658. The van der Waals surface area contributed by atoms with Crippen molar-refractivity contribution in [3.63, 3.8) is 0 Å². The Morgan fingerprint density at radius 3 is 2.39 bits per heavy atom. The van der Waals surface area contributed by atoms with Crippen LogP contribution in [0.2, 0.25) is 0 Å². The van der Waals surface area contributed by atoms with Gasteiger partial charge in [0.2, 0.25) is 0 Å². The van der Waals surface area contributed by atoms with Gasteiger partial charge in [-0.15, -0.1) is 0 Å². The summed E-state index contributed by atoms with van der Waals surface area (Å²) in [6.45, 7) is 8.01. The highest BCUT2D eigenvalue weighted by atomic mass is 79.9. The lowest BCUT2D eigenvalue weighted by Crippen LogP contribution is -2.34. The van der Waals surface area contributed by atoms with Crippen LogP contribution in [0.1, 0.15) is 62.6 Å². The summed E-state index contributed by atoms with van der Waals surface area (Å²) in [6, 6.07) is 3.91. The van der Waals surface area contributed by atoms with E-state index >= 15 is 0 Å². The lowest BCUT2D eigenvalue weighted by Gasteiger charge is -2.22. The molecule has 0 spiro atoms. The lowest BCUT2D eigenvalue weighted by atomic mass is 10.2. The number of amides is 1. The van der Waals surface area contributed by atoms with Crippen LogP contribution < -0.4 is 0 Å². The molecule has 2 aromatic rings. The number of halogens is 1. The number of unbranched alkanes of at least 4 members (excludes halogenated alkanes) is 2. The first-order valence-corrected chi connectivity index (χ1v) is 9.37. The number of imidazole rings is 1. The molecule has 5 heteroatoms. The Hall–Kier alpha value is -1.36. The monoisotopic (exact) mass is 379 g/mol. The zero-order valence-corrected chi connectivity index (χ0v) is 15.9. The minimum absolute atomic E-state index is 0.106. The van der Waals surface area contributed by atoms with Crippen LogP contribution in [0.5, 0.6) is 0 Å². The fraction of sp³-hybridized carbons (Fsp3) is 0.556. The molecule has 0 aliphatic heterocycles. The molecule has 0 aliphatic carbocycles. The molecule has 0 radical (unpaired) electrons. The summed E-state index contributed by atoms with van der Waals surface area (Å²) < 4.78 is 2.88. The number of hydrogen-bond donors (Lipinski definition) is 0. The smallest absolute Gasteiger partial charge is 0.272 e. The van der Waals surface area contributed by atoms with E-state index in [1.165, 1.54) is 0 Å². The molecule has 0 bridgehead atoms. The molecule has 2 aromatic heterocycles. The van der Waals surface area contributed by atoms with E-state index in [0.29, 0.717) is 0 Å². The SMILES string of the molecule is CCCCN(CCCC)C(=O)c1c(CC)nc2ccc(Br)cn12. The van der Waals surface area contributed by atoms with E-state index < -0.39 is 0 Å². The number of carbonyl (C=O) groups is 1. The summed E-state index contributed by atoms with van der Waals surface area (Å²) in [7, 11) is 0. The van der Waals surface area contributed by atoms with Crippen LogP contribution in [-0.4, -0.2) is 33.3 Å². The minimum atomic E-state index is 0.106. The fourth-order valence-electron chi connectivity index (χ4n) is 2.70. The summed E-state index contributed by atoms with van der Waals surface area (Å²) in [5.74, 6) is 0.106. The molecule has 0 fully saturated rings. The summed E-state index contributed by atoms with van der Waals surface area (Å²) in [4.78, 5) is 19.8. The molecule has 23 heavy (non-hydrogen) atoms. The molecular formula is C18H26BrN3O. The van der Waals surface area contributed by atoms with Crippen molar-refractivity contribution in [3.05, 3.63) is 34.2 Å². The van der Waals surface area contributed by atoms with E-state index in [0.717, 1.165) is 66.7 Å². The van der Waals surface area contributed by atoms with Gasteiger partial charge in [-0.2, -0.15) is 0 Å². The van der Waals surface area contributed by atoms with Gasteiger partial charge in [-0.25, -0.2) is 4.98 Å². The molecular weight excluding hydrogens is 354 g/mol. The standard InChI is InChI=1S/C18H26BrN3O/c1-4-7-11-21(12-8-5-2)18(23)17-15(6-3)20-16-10-9-14(19)13-22(16)17/h9-10,13H,4-8,11-12H2,1-3H3. The van der Waals surface area contributed by atoms with Gasteiger partial charge in [-0.05, 0) is 47.3 Å². The van der Waals surface area contributed by atoms with Crippen LogP contribution >= 0.6 is 15.9 Å². The summed E-state index contributed by atoms with van der Waals surface area (Å²) >= 11 is 3.49. The minimum Gasteiger partial charge on any atom is -0.337 e. The van der Waals surface area contributed by atoms with Crippen molar-refractivity contribution in [1.29, 1.82) is 0 Å². The van der Waals surface area contributed by atoms with Gasteiger partial charge in [-0.1, -0.05) is 33.6 Å². The first kappa shape index (κ1) is 18.0. The quantitative estimate of drug-likeness (QED) is 0.666. The summed E-state index contributed by atoms with van der Waals surface area (Å²) in [5, 5.41) is 0. The third kappa shape index (κ3) is 4.14. The fourth-order valence-corrected chi connectivity index (χ4v) is 3.04. The molecule has 0 N–H and O–H groups in total. The second kappa shape index (κ2) is 8.48. The Kier molecular flexibility index (Phi) is 6.63. The van der Waals surface area contributed by atoms with Crippen molar-refractivity contribution < 1.29 is 4.79 Å². The number of aromatic nitrogens is 2. The van der Waals surface area contributed by atoms with E-state index in [4.69, 9.17) is 0 Å². The van der Waals surface area contributed by atoms with Gasteiger partial charge in [0.1, 0.15) is 11.3 Å². The third-order valence-corrected chi connectivity index (χ3v) is 4.51. The van der Waals surface area contributed by atoms with Crippen molar-refractivity contribution in [3.8, 4) is 0 Å². The summed E-state index contributed by atoms with van der Waals surface area (Å²) in [6.07, 6.45) is 6.96. The Balaban J connectivity index is 2.41. The van der Waals surface area contributed by atoms with E-state index in [9.17, 15) is 4.79 Å². The van der Waals surface area contributed by atoms with Crippen LogP contribution in [-0.2, 0) is 6.42 Å². The van der Waals surface area contributed by atoms with E-state index in [1.54, 1.807) is 0 Å². The van der Waals surface area contributed by atoms with Gasteiger partial charge in [0.05, 0.1) is 5.69 Å². The predicted molar refractivity (Wildman–Crippen MR) is 98.0 cm³/mol. The molecule has 0 aliphatic rings. The first-order valence-electron chi connectivity index (χ1n) is 8.58. The highest BCUT2D eigenvalue weighted by Gasteiger charge is 2.23. The number of hydrogen-bond acceptors (Lipinski definition) is 2. The highest BCUT2D eigenvalue weighted by molar-refractivity contribution is 9.10. The van der Waals surface area contributed by atoms with Crippen LogP contribution in [0.15, 0.2) is 22.8 Å². The maximum Gasteiger partial charge on any atom is 0.272 e. The van der Waals surface area contributed by atoms with Crippen molar-refractivity contribution in [1.82, 2.24) is 14.3 Å². The van der Waals surface area contributed by atoms with Gasteiger partial charge in [-0.3, -0.25) is 9.20 Å². The van der Waals surface area contributed by atoms with Crippen molar-refractivity contribution in [2.75, 3.05) is 13.1 Å². The van der Waals surface area contributed by atoms with Gasteiger partial charge >= 0.3 is 0 Å². The Morgan fingerprint density at radius 1 is 1.17 bits per heavy atom. The zero-order chi connectivity index (χ0) is 16.8. The molecule has 0 unspecified atom stereocenters. The van der Waals surface area contributed by atoms with Crippen LogP contribution in [0.3, 0.4) is 0 Å². The molecule has 2 rings (SSSR count). The predicted octanol–water partition coefficient (Wildman–Crippen LogP) is 4.70. The van der Waals surface area contributed by atoms with E-state index in [-0.39, 0.29) is 5.91 Å².